The third kappa shape index (κ3) is 1.90. The highest BCUT2D eigenvalue weighted by atomic mass is 32.1. The summed E-state index contributed by atoms with van der Waals surface area (Å²) in [6.45, 7) is 0. The van der Waals surface area contributed by atoms with Gasteiger partial charge in [-0.05, 0) is 55.4 Å². The number of aryl methyl sites for hydroxylation is 2. The van der Waals surface area contributed by atoms with Crippen LogP contribution in [0.2, 0.25) is 0 Å². The molecule has 0 unspecified atom stereocenters. The second-order valence-corrected chi connectivity index (χ2v) is 5.79. The summed E-state index contributed by atoms with van der Waals surface area (Å²) in [6.07, 6.45) is 6.11. The molecule has 0 atom stereocenters. The van der Waals surface area contributed by atoms with E-state index in [1.165, 1.54) is 54.8 Å². The van der Waals surface area contributed by atoms with Crippen LogP contribution >= 0.6 is 11.5 Å². The van der Waals surface area contributed by atoms with Crippen LogP contribution in [0.25, 0.3) is 0 Å². The van der Waals surface area contributed by atoms with E-state index in [4.69, 9.17) is 4.74 Å². The maximum absolute atomic E-state index is 5.81. The Labute approximate surface area is 110 Å². The second kappa shape index (κ2) is 4.05. The summed E-state index contributed by atoms with van der Waals surface area (Å²) in [5.41, 5.74) is 2.90. The molecule has 1 fully saturated rings. The van der Waals surface area contributed by atoms with Crippen LogP contribution in [0.15, 0.2) is 18.2 Å². The number of hydrogen-bond acceptors (Lipinski definition) is 4. The molecule has 1 aromatic heterocycles. The number of nitrogens with zero attached hydrogens (tertiary/aromatic N) is 2. The molecule has 1 aromatic carbocycles. The van der Waals surface area contributed by atoms with Crippen LogP contribution in [-0.2, 0) is 12.8 Å². The van der Waals surface area contributed by atoms with Gasteiger partial charge in [-0.1, -0.05) is 6.07 Å². The van der Waals surface area contributed by atoms with Crippen molar-refractivity contribution in [3.8, 4) is 10.9 Å². The Kier molecular flexibility index (Phi) is 2.36. The maximum Gasteiger partial charge on any atom is 0.298 e. The van der Waals surface area contributed by atoms with Crippen LogP contribution in [0.3, 0.4) is 0 Å². The van der Waals surface area contributed by atoms with Crippen LogP contribution in [0, 0.1) is 0 Å². The van der Waals surface area contributed by atoms with Crippen LogP contribution in [0.1, 0.15) is 42.1 Å². The van der Waals surface area contributed by atoms with Gasteiger partial charge >= 0.3 is 0 Å². The smallest absolute Gasteiger partial charge is 0.298 e. The normalized spacial score (nSPS) is 17.8. The average molecular weight is 258 g/mol. The fourth-order valence-corrected chi connectivity index (χ4v) is 3.11. The van der Waals surface area contributed by atoms with Gasteiger partial charge in [0.1, 0.15) is 11.6 Å². The van der Waals surface area contributed by atoms with Crippen molar-refractivity contribution < 1.29 is 4.74 Å². The number of aromatic nitrogens is 2. The predicted molar refractivity (Wildman–Crippen MR) is 70.4 cm³/mol. The molecule has 0 spiro atoms. The van der Waals surface area contributed by atoms with E-state index in [2.05, 4.69) is 21.5 Å². The van der Waals surface area contributed by atoms with Gasteiger partial charge in [-0.3, -0.25) is 0 Å². The van der Waals surface area contributed by atoms with Crippen LogP contribution in [0.4, 0.5) is 0 Å². The molecular weight excluding hydrogens is 244 g/mol. The summed E-state index contributed by atoms with van der Waals surface area (Å²) < 4.78 is 10.2. The SMILES string of the molecule is c1cc2c(cc1Oc1nc(C3CC3)ns1)CCC2. The molecule has 3 nitrogen and oxygen atoms in total. The molecule has 0 amide bonds. The van der Waals surface area contributed by atoms with E-state index in [9.17, 15) is 0 Å². The summed E-state index contributed by atoms with van der Waals surface area (Å²) in [5.74, 6) is 2.46. The summed E-state index contributed by atoms with van der Waals surface area (Å²) in [4.78, 5) is 4.45. The van der Waals surface area contributed by atoms with Crippen molar-refractivity contribution in [3.63, 3.8) is 0 Å². The minimum absolute atomic E-state index is 0.596. The molecule has 2 aliphatic carbocycles. The third-order valence-corrected chi connectivity index (χ3v) is 4.25. The Morgan fingerprint density at radius 1 is 1.17 bits per heavy atom. The summed E-state index contributed by atoms with van der Waals surface area (Å²) in [6, 6.07) is 6.38. The third-order valence-electron chi connectivity index (χ3n) is 3.64. The Bertz CT molecular complexity index is 589. The van der Waals surface area contributed by atoms with Crippen molar-refractivity contribution in [2.45, 2.75) is 38.0 Å². The van der Waals surface area contributed by atoms with Crippen LogP contribution in [-0.4, -0.2) is 9.36 Å². The van der Waals surface area contributed by atoms with Crippen molar-refractivity contribution in [2.75, 3.05) is 0 Å². The Morgan fingerprint density at radius 2 is 2.06 bits per heavy atom. The molecule has 0 aliphatic heterocycles. The van der Waals surface area contributed by atoms with E-state index in [-0.39, 0.29) is 0 Å². The van der Waals surface area contributed by atoms with Gasteiger partial charge in [0, 0.05) is 17.5 Å². The van der Waals surface area contributed by atoms with Gasteiger partial charge in [0.25, 0.3) is 5.19 Å². The topological polar surface area (TPSA) is 35.0 Å². The van der Waals surface area contributed by atoms with Gasteiger partial charge in [0.2, 0.25) is 0 Å². The lowest BCUT2D eigenvalue weighted by Crippen LogP contribution is -1.88. The molecule has 92 valence electrons. The van der Waals surface area contributed by atoms with Crippen molar-refractivity contribution in [3.05, 3.63) is 35.2 Å². The van der Waals surface area contributed by atoms with Crippen LogP contribution in [0.5, 0.6) is 10.9 Å². The molecule has 4 heteroatoms. The lowest BCUT2D eigenvalue weighted by atomic mass is 10.1. The van der Waals surface area contributed by atoms with Crippen LogP contribution < -0.4 is 4.74 Å². The second-order valence-electron chi connectivity index (χ2n) is 5.08. The molecule has 1 heterocycles. The van der Waals surface area contributed by atoms with E-state index in [0.717, 1.165) is 11.6 Å². The Balaban J connectivity index is 1.56. The molecule has 0 radical (unpaired) electrons. The monoisotopic (exact) mass is 258 g/mol. The molecule has 1 saturated carbocycles. The number of ether oxygens (including phenoxy) is 1. The van der Waals surface area contributed by atoms with E-state index < -0.39 is 0 Å². The lowest BCUT2D eigenvalue weighted by molar-refractivity contribution is 0.476. The summed E-state index contributed by atoms with van der Waals surface area (Å²) >= 11 is 1.36. The van der Waals surface area contributed by atoms with Crippen molar-refractivity contribution in [1.29, 1.82) is 0 Å². The summed E-state index contributed by atoms with van der Waals surface area (Å²) in [5, 5.41) is 0.676. The average Bonchev–Trinajstić information content (AvgIpc) is 2.95. The Morgan fingerprint density at radius 3 is 2.94 bits per heavy atom. The van der Waals surface area contributed by atoms with Gasteiger partial charge < -0.3 is 4.74 Å². The first kappa shape index (κ1) is 10.5. The van der Waals surface area contributed by atoms with E-state index in [1.807, 2.05) is 6.07 Å². The molecule has 0 N–H and O–H groups in total. The van der Waals surface area contributed by atoms with Crippen molar-refractivity contribution in [2.24, 2.45) is 0 Å². The highest BCUT2D eigenvalue weighted by molar-refractivity contribution is 7.07. The van der Waals surface area contributed by atoms with Crippen molar-refractivity contribution in [1.82, 2.24) is 9.36 Å². The van der Waals surface area contributed by atoms with E-state index in [1.54, 1.807) is 0 Å². The number of benzene rings is 1. The largest absolute Gasteiger partial charge is 0.430 e. The van der Waals surface area contributed by atoms with Gasteiger partial charge in [-0.15, -0.1) is 0 Å². The summed E-state index contributed by atoms with van der Waals surface area (Å²) in [7, 11) is 0. The minimum atomic E-state index is 0.596. The van der Waals surface area contributed by atoms with Gasteiger partial charge in [0.15, 0.2) is 0 Å². The first-order valence-corrected chi connectivity index (χ1v) is 7.29. The lowest BCUT2D eigenvalue weighted by Gasteiger charge is -2.04. The molecule has 0 bridgehead atoms. The maximum atomic E-state index is 5.81. The van der Waals surface area contributed by atoms with Gasteiger partial charge in [-0.25, -0.2) is 0 Å². The number of rotatable bonds is 3. The molecular formula is C14H14N2OS. The van der Waals surface area contributed by atoms with E-state index in [0.29, 0.717) is 11.1 Å². The van der Waals surface area contributed by atoms with Gasteiger partial charge in [-0.2, -0.15) is 9.36 Å². The molecule has 4 rings (SSSR count). The highest BCUT2D eigenvalue weighted by Gasteiger charge is 2.28. The molecule has 2 aliphatic rings. The fraction of sp³-hybridized carbons (Fsp3) is 0.429. The van der Waals surface area contributed by atoms with Crippen molar-refractivity contribution >= 4 is 11.5 Å². The molecule has 18 heavy (non-hydrogen) atoms. The predicted octanol–water partition coefficient (Wildman–Crippen LogP) is 3.70. The van der Waals surface area contributed by atoms with E-state index >= 15 is 0 Å². The molecule has 2 aromatic rings. The van der Waals surface area contributed by atoms with Gasteiger partial charge in [0.05, 0.1) is 0 Å². The quantitative estimate of drug-likeness (QED) is 0.842. The standard InChI is InChI=1S/C14H14N2OS/c1-2-9-6-7-12(8-11(9)3-1)17-14-15-13(16-18-14)10-4-5-10/h6-8,10H,1-5H2. The fourth-order valence-electron chi connectivity index (χ4n) is 2.48. The zero-order chi connectivity index (χ0) is 11.9. The first-order valence-electron chi connectivity index (χ1n) is 6.52. The highest BCUT2D eigenvalue weighted by Crippen LogP contribution is 2.40. The zero-order valence-corrected chi connectivity index (χ0v) is 10.9. The number of hydrogen-bond donors (Lipinski definition) is 0. The first-order chi connectivity index (χ1) is 8.88. The minimum Gasteiger partial charge on any atom is -0.430 e. The Hall–Kier alpha value is -1.42. The number of fused-ring (bicyclic) bond motifs is 1. The zero-order valence-electron chi connectivity index (χ0n) is 10.1. The molecule has 0 saturated heterocycles.